The van der Waals surface area contributed by atoms with Crippen molar-refractivity contribution < 1.29 is 19.1 Å². The molecule has 0 saturated carbocycles. The summed E-state index contributed by atoms with van der Waals surface area (Å²) >= 11 is 0.913. The lowest BCUT2D eigenvalue weighted by Crippen LogP contribution is -2.37. The summed E-state index contributed by atoms with van der Waals surface area (Å²) in [5.74, 6) is 0.182. The molecule has 28 heavy (non-hydrogen) atoms. The lowest BCUT2D eigenvalue weighted by atomic mass is 10.2. The highest BCUT2D eigenvalue weighted by Gasteiger charge is 2.34. The number of nitrogens with zero attached hydrogens (tertiary/aromatic N) is 1. The minimum absolute atomic E-state index is 0.141. The van der Waals surface area contributed by atoms with Gasteiger partial charge >= 0.3 is 0 Å². The Morgan fingerprint density at radius 3 is 2.43 bits per heavy atom. The maximum Gasteiger partial charge on any atom is 0.293 e. The third kappa shape index (κ3) is 5.47. The molecule has 3 amide bonds. The number of ether oxygens (including phenoxy) is 1. The van der Waals surface area contributed by atoms with Gasteiger partial charge in [-0.25, -0.2) is 0 Å². The van der Waals surface area contributed by atoms with E-state index in [1.165, 1.54) is 0 Å². The van der Waals surface area contributed by atoms with Crippen LogP contribution in [0.1, 0.15) is 12.0 Å². The van der Waals surface area contributed by atoms with Gasteiger partial charge in [0.2, 0.25) is 5.91 Å². The molecule has 144 valence electrons. The molecule has 0 aliphatic carbocycles. The Bertz CT molecular complexity index is 868. The first kappa shape index (κ1) is 19.7. The summed E-state index contributed by atoms with van der Waals surface area (Å²) in [5, 5.41) is 2.38. The van der Waals surface area contributed by atoms with Crippen molar-refractivity contribution in [3.63, 3.8) is 0 Å². The van der Waals surface area contributed by atoms with Crippen LogP contribution in [-0.4, -0.2) is 41.6 Å². The van der Waals surface area contributed by atoms with E-state index >= 15 is 0 Å². The van der Waals surface area contributed by atoms with Gasteiger partial charge in [-0.1, -0.05) is 48.5 Å². The number of hydrogen-bond donors (Lipinski definition) is 1. The van der Waals surface area contributed by atoms with Crippen LogP contribution in [0.15, 0.2) is 65.6 Å². The van der Waals surface area contributed by atoms with E-state index in [1.807, 2.05) is 60.7 Å². The second-order valence-corrected chi connectivity index (χ2v) is 7.00. The van der Waals surface area contributed by atoms with Crippen molar-refractivity contribution in [3.8, 4) is 5.75 Å². The summed E-state index contributed by atoms with van der Waals surface area (Å²) < 4.78 is 5.47. The zero-order valence-electron chi connectivity index (χ0n) is 15.2. The molecule has 1 N–H and O–H groups in total. The van der Waals surface area contributed by atoms with Gasteiger partial charge in [-0.2, -0.15) is 0 Å². The fourth-order valence-electron chi connectivity index (χ4n) is 2.57. The van der Waals surface area contributed by atoms with Gasteiger partial charge in [0.15, 0.2) is 0 Å². The van der Waals surface area contributed by atoms with Gasteiger partial charge in [-0.15, -0.1) is 0 Å². The minimum atomic E-state index is -0.333. The molecule has 7 heteroatoms. The molecule has 0 radical (unpaired) electrons. The molecule has 2 aromatic carbocycles. The van der Waals surface area contributed by atoms with Crippen LogP contribution in [0.4, 0.5) is 4.79 Å². The van der Waals surface area contributed by atoms with Gasteiger partial charge in [0.25, 0.3) is 11.1 Å². The summed E-state index contributed by atoms with van der Waals surface area (Å²) in [5.41, 5.74) is 0.861. The summed E-state index contributed by atoms with van der Waals surface area (Å²) in [6, 6.07) is 18.6. The van der Waals surface area contributed by atoms with Crippen LogP contribution in [0.3, 0.4) is 0 Å². The van der Waals surface area contributed by atoms with Crippen molar-refractivity contribution >= 4 is 34.9 Å². The Kier molecular flexibility index (Phi) is 6.86. The lowest BCUT2D eigenvalue weighted by molar-refractivity contribution is -0.124. The van der Waals surface area contributed by atoms with E-state index in [2.05, 4.69) is 5.32 Å². The summed E-state index contributed by atoms with van der Waals surface area (Å²) in [6.07, 6.45) is 1.90. The standard InChI is InChI=1S/C21H20N2O4S/c24-19(11-14-27-17-9-5-2-6-10-17)22-12-13-23-20(25)18(28-21(23)26)15-16-7-3-1-4-8-16/h1-10,15H,11-14H2,(H,22,24). The van der Waals surface area contributed by atoms with Crippen LogP contribution >= 0.6 is 11.8 Å². The number of carbonyl (C=O) groups is 3. The molecule has 0 atom stereocenters. The quantitative estimate of drug-likeness (QED) is 0.693. The molecule has 6 nitrogen and oxygen atoms in total. The van der Waals surface area contributed by atoms with Gasteiger partial charge in [0.1, 0.15) is 5.75 Å². The predicted molar refractivity (Wildman–Crippen MR) is 109 cm³/mol. The van der Waals surface area contributed by atoms with Crippen LogP contribution in [0.5, 0.6) is 5.75 Å². The van der Waals surface area contributed by atoms with Crippen molar-refractivity contribution in [2.45, 2.75) is 6.42 Å². The van der Waals surface area contributed by atoms with E-state index in [0.717, 1.165) is 22.2 Å². The maximum atomic E-state index is 12.4. The van der Waals surface area contributed by atoms with E-state index in [-0.39, 0.29) is 43.2 Å². The normalized spacial score (nSPS) is 15.1. The number of para-hydroxylation sites is 1. The van der Waals surface area contributed by atoms with Crippen LogP contribution < -0.4 is 10.1 Å². The van der Waals surface area contributed by atoms with Crippen LogP contribution in [0.2, 0.25) is 0 Å². The van der Waals surface area contributed by atoms with E-state index in [9.17, 15) is 14.4 Å². The van der Waals surface area contributed by atoms with Crippen molar-refractivity contribution in [1.29, 1.82) is 0 Å². The number of benzene rings is 2. The molecule has 1 heterocycles. The molecule has 1 aliphatic heterocycles. The molecule has 0 spiro atoms. The number of carbonyl (C=O) groups excluding carboxylic acids is 3. The minimum Gasteiger partial charge on any atom is -0.493 e. The number of hydrogen-bond acceptors (Lipinski definition) is 5. The van der Waals surface area contributed by atoms with Gasteiger partial charge in [0.05, 0.1) is 17.9 Å². The Hall–Kier alpha value is -3.06. The highest BCUT2D eigenvalue weighted by atomic mass is 32.2. The Morgan fingerprint density at radius 2 is 1.71 bits per heavy atom. The first-order valence-corrected chi connectivity index (χ1v) is 9.70. The zero-order valence-corrected chi connectivity index (χ0v) is 16.0. The monoisotopic (exact) mass is 396 g/mol. The molecule has 1 aliphatic rings. The van der Waals surface area contributed by atoms with E-state index in [4.69, 9.17) is 4.74 Å². The molecule has 1 saturated heterocycles. The predicted octanol–water partition coefficient (Wildman–Crippen LogP) is 3.31. The number of imide groups is 1. The van der Waals surface area contributed by atoms with E-state index < -0.39 is 0 Å². The molecule has 0 unspecified atom stereocenters. The van der Waals surface area contributed by atoms with Crippen molar-refractivity contribution in [2.24, 2.45) is 0 Å². The Morgan fingerprint density at radius 1 is 1.04 bits per heavy atom. The van der Waals surface area contributed by atoms with Crippen LogP contribution in [0.25, 0.3) is 6.08 Å². The van der Waals surface area contributed by atoms with Crippen LogP contribution in [0, 0.1) is 0 Å². The summed E-state index contributed by atoms with van der Waals surface area (Å²) in [7, 11) is 0. The Labute approximate surface area is 167 Å². The number of rotatable bonds is 8. The van der Waals surface area contributed by atoms with Gasteiger partial charge < -0.3 is 10.1 Å². The molecule has 3 rings (SSSR count). The first-order chi connectivity index (χ1) is 13.6. The highest BCUT2D eigenvalue weighted by molar-refractivity contribution is 8.18. The average Bonchev–Trinajstić information content (AvgIpc) is 2.97. The molecule has 0 bridgehead atoms. The molecular weight excluding hydrogens is 376 g/mol. The Balaban J connectivity index is 1.41. The lowest BCUT2D eigenvalue weighted by Gasteiger charge is -2.13. The smallest absolute Gasteiger partial charge is 0.293 e. The number of amides is 3. The summed E-state index contributed by atoms with van der Waals surface area (Å²) in [6.45, 7) is 0.611. The number of thioether (sulfide) groups is 1. The topological polar surface area (TPSA) is 75.7 Å². The molecule has 1 fully saturated rings. The van der Waals surface area contributed by atoms with Gasteiger partial charge in [-0.3, -0.25) is 19.3 Å². The second kappa shape index (κ2) is 9.75. The fraction of sp³-hybridized carbons (Fsp3) is 0.190. The summed E-state index contributed by atoms with van der Waals surface area (Å²) in [4.78, 5) is 37.9. The number of nitrogens with one attached hydrogen (secondary N) is 1. The third-order valence-corrected chi connectivity index (χ3v) is 4.88. The van der Waals surface area contributed by atoms with Crippen LogP contribution in [-0.2, 0) is 9.59 Å². The maximum absolute atomic E-state index is 12.4. The van der Waals surface area contributed by atoms with E-state index in [1.54, 1.807) is 6.08 Å². The van der Waals surface area contributed by atoms with E-state index in [0.29, 0.717) is 10.7 Å². The largest absolute Gasteiger partial charge is 0.493 e. The highest BCUT2D eigenvalue weighted by Crippen LogP contribution is 2.31. The molecule has 0 aromatic heterocycles. The van der Waals surface area contributed by atoms with Crippen molar-refractivity contribution in [1.82, 2.24) is 10.2 Å². The third-order valence-electron chi connectivity index (χ3n) is 3.97. The zero-order chi connectivity index (χ0) is 19.8. The molecule has 2 aromatic rings. The SMILES string of the molecule is O=C(CCOc1ccccc1)NCCN1C(=O)SC(=Cc2ccccc2)C1=O. The first-order valence-electron chi connectivity index (χ1n) is 8.88. The van der Waals surface area contributed by atoms with Gasteiger partial charge in [-0.05, 0) is 35.5 Å². The molecular formula is C21H20N2O4S. The second-order valence-electron chi connectivity index (χ2n) is 6.01. The fourth-order valence-corrected chi connectivity index (χ4v) is 3.43. The average molecular weight is 396 g/mol. The van der Waals surface area contributed by atoms with Crippen molar-refractivity contribution in [3.05, 3.63) is 71.1 Å². The van der Waals surface area contributed by atoms with Gasteiger partial charge in [0, 0.05) is 13.1 Å². The van der Waals surface area contributed by atoms with Crippen molar-refractivity contribution in [2.75, 3.05) is 19.7 Å².